The summed E-state index contributed by atoms with van der Waals surface area (Å²) in [5.41, 5.74) is 0.488. The van der Waals surface area contributed by atoms with Crippen molar-refractivity contribution in [1.82, 2.24) is 0 Å². The van der Waals surface area contributed by atoms with E-state index in [9.17, 15) is 13.0 Å². The minimum atomic E-state index is -4.28. The Morgan fingerprint density at radius 2 is 1.75 bits per heavy atom. The summed E-state index contributed by atoms with van der Waals surface area (Å²) in [4.78, 5) is -0.139. The van der Waals surface area contributed by atoms with E-state index in [1.54, 1.807) is 19.1 Å². The largest absolute Gasteiger partial charge is 1.00 e. The minimum Gasteiger partial charge on any atom is -0.744 e. The Bertz CT molecular complexity index is 359. The van der Waals surface area contributed by atoms with Crippen LogP contribution in [0.5, 0.6) is 0 Å². The van der Waals surface area contributed by atoms with Gasteiger partial charge in [-0.05, 0) is 18.6 Å². The molecule has 0 fully saturated rings. The van der Waals surface area contributed by atoms with Crippen LogP contribution >= 0.6 is 0 Å². The molecule has 0 spiro atoms. The number of hydrogen-bond donors (Lipinski definition) is 0. The summed E-state index contributed by atoms with van der Waals surface area (Å²) < 4.78 is 31.5. The maximum Gasteiger partial charge on any atom is 1.00 e. The molecule has 0 unspecified atom stereocenters. The van der Waals surface area contributed by atoms with Crippen LogP contribution in [-0.4, -0.2) is 13.0 Å². The molecule has 0 aliphatic rings. The van der Waals surface area contributed by atoms with E-state index in [4.69, 9.17) is 0 Å². The molecule has 0 atom stereocenters. The van der Waals surface area contributed by atoms with Gasteiger partial charge in [-0.15, -0.1) is 0 Å². The summed E-state index contributed by atoms with van der Waals surface area (Å²) in [6, 6.07) is 6.10. The summed E-state index contributed by atoms with van der Waals surface area (Å²) in [6.45, 7) is 1.59. The van der Waals surface area contributed by atoms with Crippen LogP contribution in [0.15, 0.2) is 29.2 Å². The van der Waals surface area contributed by atoms with E-state index < -0.39 is 10.1 Å². The van der Waals surface area contributed by atoms with Crippen molar-refractivity contribution in [2.24, 2.45) is 0 Å². The van der Waals surface area contributed by atoms with Crippen LogP contribution in [0.25, 0.3) is 0 Å². The van der Waals surface area contributed by atoms with Crippen LogP contribution in [0.1, 0.15) is 5.56 Å². The molecule has 0 N–H and O–H groups in total. The van der Waals surface area contributed by atoms with Crippen molar-refractivity contribution in [3.05, 3.63) is 29.8 Å². The van der Waals surface area contributed by atoms with E-state index in [0.717, 1.165) is 0 Å². The van der Waals surface area contributed by atoms with Crippen molar-refractivity contribution < 1.29 is 35.4 Å². The van der Waals surface area contributed by atoms with Gasteiger partial charge in [-0.2, -0.15) is 0 Å². The molecule has 1 aromatic rings. The molecule has 3 nitrogen and oxygen atoms in total. The van der Waals surface area contributed by atoms with Crippen molar-refractivity contribution in [2.75, 3.05) is 0 Å². The van der Waals surface area contributed by atoms with Gasteiger partial charge in [-0.1, -0.05) is 18.2 Å². The average Bonchev–Trinajstić information content (AvgIpc) is 1.86. The summed E-state index contributed by atoms with van der Waals surface area (Å²) in [7, 11) is -4.28. The van der Waals surface area contributed by atoms with E-state index >= 15 is 0 Å². The van der Waals surface area contributed by atoms with Crippen molar-refractivity contribution in [3.8, 4) is 0 Å². The van der Waals surface area contributed by atoms with Gasteiger partial charge in [-0.25, -0.2) is 8.42 Å². The fourth-order valence-electron chi connectivity index (χ4n) is 0.837. The van der Waals surface area contributed by atoms with Crippen molar-refractivity contribution in [1.29, 1.82) is 0 Å². The Labute approximate surface area is 87.1 Å². The third kappa shape index (κ3) is 2.73. The third-order valence-corrected chi connectivity index (χ3v) is 2.36. The van der Waals surface area contributed by atoms with Gasteiger partial charge in [0.15, 0.2) is 0 Å². The van der Waals surface area contributed by atoms with Gasteiger partial charge in [0.1, 0.15) is 10.1 Å². The van der Waals surface area contributed by atoms with E-state index in [-0.39, 0.29) is 27.3 Å². The van der Waals surface area contributed by atoms with Crippen molar-refractivity contribution in [2.45, 2.75) is 11.8 Å². The third-order valence-electron chi connectivity index (χ3n) is 1.36. The van der Waals surface area contributed by atoms with Gasteiger partial charge < -0.3 is 4.55 Å². The molecule has 0 saturated heterocycles. The quantitative estimate of drug-likeness (QED) is 0.567. The molecular formula is C7H7AgO3S. The van der Waals surface area contributed by atoms with E-state index in [2.05, 4.69) is 0 Å². The first-order valence-corrected chi connectivity index (χ1v) is 4.44. The Hall–Kier alpha value is -0.130. The van der Waals surface area contributed by atoms with Gasteiger partial charge in [0.25, 0.3) is 0 Å². The fraction of sp³-hybridized carbons (Fsp3) is 0.143. The monoisotopic (exact) mass is 278 g/mol. The van der Waals surface area contributed by atoms with Gasteiger partial charge in [-0.3, -0.25) is 0 Å². The number of benzene rings is 1. The summed E-state index contributed by atoms with van der Waals surface area (Å²) in [5, 5.41) is 0. The molecule has 0 heterocycles. The van der Waals surface area contributed by atoms with Crippen LogP contribution in [-0.2, 0) is 32.5 Å². The Morgan fingerprint density at radius 1 is 1.25 bits per heavy atom. The first-order valence-electron chi connectivity index (χ1n) is 3.03. The molecule has 0 aliphatic carbocycles. The maximum atomic E-state index is 10.5. The second-order valence-corrected chi connectivity index (χ2v) is 3.57. The summed E-state index contributed by atoms with van der Waals surface area (Å²) >= 11 is 0. The Morgan fingerprint density at radius 3 is 2.08 bits per heavy atom. The molecule has 0 aliphatic heterocycles. The molecular weight excluding hydrogens is 272 g/mol. The fourth-order valence-corrected chi connectivity index (χ4v) is 1.54. The molecule has 0 saturated carbocycles. The second-order valence-electron chi connectivity index (χ2n) is 2.22. The molecule has 0 amide bonds. The Balaban J connectivity index is 0.00000121. The van der Waals surface area contributed by atoms with Crippen LogP contribution in [0, 0.1) is 6.92 Å². The average molecular weight is 279 g/mol. The molecule has 1 rings (SSSR count). The zero-order valence-corrected chi connectivity index (χ0v) is 8.54. The van der Waals surface area contributed by atoms with E-state index in [0.29, 0.717) is 5.56 Å². The second kappa shape index (κ2) is 4.20. The molecule has 0 bridgehead atoms. The SMILES string of the molecule is Cc1ccccc1S(=O)(=O)[O-].[Ag+]. The topological polar surface area (TPSA) is 57.2 Å². The van der Waals surface area contributed by atoms with Gasteiger partial charge in [0, 0.05) is 0 Å². The Kier molecular flexibility index (Phi) is 4.16. The number of hydrogen-bond acceptors (Lipinski definition) is 3. The number of aryl methyl sites for hydroxylation is 1. The molecule has 12 heavy (non-hydrogen) atoms. The van der Waals surface area contributed by atoms with Crippen molar-refractivity contribution in [3.63, 3.8) is 0 Å². The number of rotatable bonds is 1. The zero-order valence-electron chi connectivity index (χ0n) is 6.24. The van der Waals surface area contributed by atoms with Crippen LogP contribution in [0.4, 0.5) is 0 Å². The van der Waals surface area contributed by atoms with Gasteiger partial charge in [0.2, 0.25) is 0 Å². The first kappa shape index (κ1) is 11.9. The first-order chi connectivity index (χ1) is 5.02. The normalized spacial score (nSPS) is 10.5. The predicted molar refractivity (Wildman–Crippen MR) is 39.1 cm³/mol. The summed E-state index contributed by atoms with van der Waals surface area (Å²) in [5.74, 6) is 0. The van der Waals surface area contributed by atoms with Crippen LogP contribution < -0.4 is 0 Å². The van der Waals surface area contributed by atoms with Gasteiger partial charge in [0.05, 0.1) is 4.90 Å². The van der Waals surface area contributed by atoms with Gasteiger partial charge >= 0.3 is 22.4 Å². The molecule has 1 aromatic carbocycles. The van der Waals surface area contributed by atoms with E-state index in [1.807, 2.05) is 0 Å². The van der Waals surface area contributed by atoms with Crippen molar-refractivity contribution >= 4 is 10.1 Å². The van der Waals surface area contributed by atoms with Crippen LogP contribution in [0.3, 0.4) is 0 Å². The smallest absolute Gasteiger partial charge is 0.744 e. The van der Waals surface area contributed by atoms with E-state index in [1.165, 1.54) is 12.1 Å². The van der Waals surface area contributed by atoms with Crippen LogP contribution in [0.2, 0.25) is 0 Å². The minimum absolute atomic E-state index is 0. The molecule has 5 heteroatoms. The molecule has 0 aromatic heterocycles. The molecule has 70 valence electrons. The zero-order chi connectivity index (χ0) is 8.48. The summed E-state index contributed by atoms with van der Waals surface area (Å²) in [6.07, 6.45) is 0. The predicted octanol–water partition coefficient (Wildman–Crippen LogP) is 0.897. The standard InChI is InChI=1S/C7H8O3S.Ag/c1-6-4-2-3-5-7(6)11(8,9)10;/h2-5H,1H3,(H,8,9,10);/q;+1/p-1. The maximum absolute atomic E-state index is 10.5. The molecule has 0 radical (unpaired) electrons.